The van der Waals surface area contributed by atoms with Gasteiger partial charge in [-0.05, 0) is 18.3 Å². The summed E-state index contributed by atoms with van der Waals surface area (Å²) in [6.07, 6.45) is 2.32. The predicted molar refractivity (Wildman–Crippen MR) is 68.8 cm³/mol. The maximum absolute atomic E-state index is 5.45. The van der Waals surface area contributed by atoms with Gasteiger partial charge in [-0.2, -0.15) is 0 Å². The highest BCUT2D eigenvalue weighted by Crippen LogP contribution is 2.21. The van der Waals surface area contributed by atoms with Crippen LogP contribution in [0.2, 0.25) is 0 Å². The highest BCUT2D eigenvalue weighted by Gasteiger charge is 2.17. The van der Waals surface area contributed by atoms with Crippen molar-refractivity contribution in [3.63, 3.8) is 0 Å². The molecule has 0 aromatic carbocycles. The molecule has 0 aromatic heterocycles. The summed E-state index contributed by atoms with van der Waals surface area (Å²) in [7, 11) is 1.70. The van der Waals surface area contributed by atoms with E-state index in [0.29, 0.717) is 24.7 Å². The molecule has 0 aliphatic heterocycles. The van der Waals surface area contributed by atoms with Crippen LogP contribution in [0.1, 0.15) is 40.5 Å². The molecule has 0 aromatic rings. The smallest absolute Gasteiger partial charge is 0.0700 e. The van der Waals surface area contributed by atoms with Gasteiger partial charge in [-0.1, -0.05) is 27.7 Å². The van der Waals surface area contributed by atoms with Gasteiger partial charge < -0.3 is 14.8 Å². The molecule has 0 unspecified atom stereocenters. The summed E-state index contributed by atoms with van der Waals surface area (Å²) in [5.41, 5.74) is 0.356. The average Bonchev–Trinajstić information content (AvgIpc) is 2.21. The van der Waals surface area contributed by atoms with E-state index in [1.54, 1.807) is 7.11 Å². The Balaban J connectivity index is 3.42. The largest absolute Gasteiger partial charge is 0.382 e. The first kappa shape index (κ1) is 15.9. The lowest BCUT2D eigenvalue weighted by atomic mass is 9.87. The van der Waals surface area contributed by atoms with Crippen molar-refractivity contribution in [2.75, 3.05) is 33.5 Å². The second kappa shape index (κ2) is 8.97. The van der Waals surface area contributed by atoms with E-state index in [1.807, 2.05) is 0 Å². The molecule has 1 N–H and O–H groups in total. The Labute approximate surface area is 101 Å². The highest BCUT2D eigenvalue weighted by molar-refractivity contribution is 4.72. The average molecular weight is 231 g/mol. The van der Waals surface area contributed by atoms with Crippen LogP contribution in [0, 0.1) is 5.41 Å². The summed E-state index contributed by atoms with van der Waals surface area (Å²) in [5, 5.41) is 3.49. The van der Waals surface area contributed by atoms with Gasteiger partial charge in [0, 0.05) is 26.3 Å². The molecule has 0 saturated carbocycles. The van der Waals surface area contributed by atoms with Gasteiger partial charge in [0.2, 0.25) is 0 Å². The number of hydrogen-bond donors (Lipinski definition) is 1. The van der Waals surface area contributed by atoms with Crippen molar-refractivity contribution in [3.8, 4) is 0 Å². The SMILES string of the molecule is COCCOCCCC(C)(C)CNC(C)C. The van der Waals surface area contributed by atoms with Crippen molar-refractivity contribution in [1.82, 2.24) is 5.32 Å². The van der Waals surface area contributed by atoms with Crippen molar-refractivity contribution < 1.29 is 9.47 Å². The van der Waals surface area contributed by atoms with Crippen molar-refractivity contribution >= 4 is 0 Å². The molecule has 0 amide bonds. The molecule has 3 nitrogen and oxygen atoms in total. The summed E-state index contributed by atoms with van der Waals surface area (Å²) in [6.45, 7) is 12.3. The molecular weight excluding hydrogens is 202 g/mol. The summed E-state index contributed by atoms with van der Waals surface area (Å²) in [4.78, 5) is 0. The number of hydrogen-bond acceptors (Lipinski definition) is 3. The fraction of sp³-hybridized carbons (Fsp3) is 1.00. The normalized spacial score (nSPS) is 12.4. The van der Waals surface area contributed by atoms with Gasteiger partial charge in [0.05, 0.1) is 13.2 Å². The zero-order valence-corrected chi connectivity index (χ0v) is 11.6. The van der Waals surface area contributed by atoms with Crippen LogP contribution in [0.4, 0.5) is 0 Å². The van der Waals surface area contributed by atoms with E-state index in [0.717, 1.165) is 19.6 Å². The number of nitrogens with one attached hydrogen (secondary N) is 1. The van der Waals surface area contributed by atoms with Crippen molar-refractivity contribution in [3.05, 3.63) is 0 Å². The Morgan fingerprint density at radius 3 is 2.38 bits per heavy atom. The third-order valence-electron chi connectivity index (χ3n) is 2.56. The van der Waals surface area contributed by atoms with E-state index in [4.69, 9.17) is 9.47 Å². The van der Waals surface area contributed by atoms with Crippen LogP contribution in [-0.4, -0.2) is 39.5 Å². The predicted octanol–water partition coefficient (Wildman–Crippen LogP) is 2.45. The third-order valence-corrected chi connectivity index (χ3v) is 2.56. The molecule has 0 radical (unpaired) electrons. The quantitative estimate of drug-likeness (QED) is 0.586. The molecule has 0 heterocycles. The highest BCUT2D eigenvalue weighted by atomic mass is 16.5. The Morgan fingerprint density at radius 2 is 1.81 bits per heavy atom. The van der Waals surface area contributed by atoms with Crippen LogP contribution in [-0.2, 0) is 9.47 Å². The van der Waals surface area contributed by atoms with E-state index >= 15 is 0 Å². The Kier molecular flexibility index (Phi) is 8.90. The minimum absolute atomic E-state index is 0.356. The van der Waals surface area contributed by atoms with Crippen LogP contribution < -0.4 is 5.32 Å². The van der Waals surface area contributed by atoms with Crippen LogP contribution >= 0.6 is 0 Å². The summed E-state index contributed by atoms with van der Waals surface area (Å²) in [5.74, 6) is 0. The molecule has 98 valence electrons. The van der Waals surface area contributed by atoms with Crippen LogP contribution in [0.3, 0.4) is 0 Å². The fourth-order valence-corrected chi connectivity index (χ4v) is 1.47. The zero-order chi connectivity index (χ0) is 12.4. The molecule has 0 aliphatic carbocycles. The monoisotopic (exact) mass is 231 g/mol. The van der Waals surface area contributed by atoms with Crippen LogP contribution in [0.25, 0.3) is 0 Å². The molecule has 0 spiro atoms. The lowest BCUT2D eigenvalue weighted by Gasteiger charge is -2.26. The molecule has 0 aliphatic rings. The second-order valence-corrected chi connectivity index (χ2v) is 5.41. The van der Waals surface area contributed by atoms with Gasteiger partial charge in [-0.15, -0.1) is 0 Å². The van der Waals surface area contributed by atoms with E-state index < -0.39 is 0 Å². The minimum Gasteiger partial charge on any atom is -0.382 e. The Hall–Kier alpha value is -0.120. The number of ether oxygens (including phenoxy) is 2. The molecule has 3 heteroatoms. The Bertz CT molecular complexity index is 158. The molecule has 0 rings (SSSR count). The topological polar surface area (TPSA) is 30.5 Å². The third kappa shape index (κ3) is 10.4. The van der Waals surface area contributed by atoms with E-state index in [1.165, 1.54) is 6.42 Å². The zero-order valence-electron chi connectivity index (χ0n) is 11.6. The van der Waals surface area contributed by atoms with E-state index in [2.05, 4.69) is 33.0 Å². The molecule has 0 bridgehead atoms. The summed E-state index contributed by atoms with van der Waals surface area (Å²) >= 11 is 0. The van der Waals surface area contributed by atoms with Gasteiger partial charge in [-0.3, -0.25) is 0 Å². The van der Waals surface area contributed by atoms with Crippen LogP contribution in [0.5, 0.6) is 0 Å². The maximum atomic E-state index is 5.45. The number of rotatable bonds is 10. The molecular formula is C13H29NO2. The Morgan fingerprint density at radius 1 is 1.12 bits per heavy atom. The second-order valence-electron chi connectivity index (χ2n) is 5.41. The maximum Gasteiger partial charge on any atom is 0.0700 e. The fourth-order valence-electron chi connectivity index (χ4n) is 1.47. The first-order chi connectivity index (χ1) is 7.48. The number of methoxy groups -OCH3 is 1. The van der Waals surface area contributed by atoms with Crippen LogP contribution in [0.15, 0.2) is 0 Å². The van der Waals surface area contributed by atoms with E-state index in [-0.39, 0.29) is 0 Å². The molecule has 0 saturated heterocycles. The standard InChI is InChI=1S/C13H29NO2/c1-12(2)14-11-13(3,4)7-6-8-16-10-9-15-5/h12,14H,6-11H2,1-5H3. The molecule has 0 atom stereocenters. The van der Waals surface area contributed by atoms with Gasteiger partial charge in [0.1, 0.15) is 0 Å². The van der Waals surface area contributed by atoms with Gasteiger partial charge in [0.25, 0.3) is 0 Å². The van der Waals surface area contributed by atoms with Crippen molar-refractivity contribution in [2.45, 2.75) is 46.6 Å². The van der Waals surface area contributed by atoms with Crippen molar-refractivity contribution in [1.29, 1.82) is 0 Å². The van der Waals surface area contributed by atoms with E-state index in [9.17, 15) is 0 Å². The summed E-state index contributed by atoms with van der Waals surface area (Å²) in [6, 6.07) is 0.567. The summed E-state index contributed by atoms with van der Waals surface area (Å²) < 4.78 is 10.4. The van der Waals surface area contributed by atoms with Gasteiger partial charge in [-0.25, -0.2) is 0 Å². The minimum atomic E-state index is 0.356. The molecule has 0 fully saturated rings. The lowest BCUT2D eigenvalue weighted by Crippen LogP contribution is -2.34. The first-order valence-corrected chi connectivity index (χ1v) is 6.28. The van der Waals surface area contributed by atoms with Gasteiger partial charge in [0.15, 0.2) is 0 Å². The van der Waals surface area contributed by atoms with Crippen molar-refractivity contribution in [2.24, 2.45) is 5.41 Å². The van der Waals surface area contributed by atoms with Gasteiger partial charge >= 0.3 is 0 Å². The molecule has 16 heavy (non-hydrogen) atoms. The lowest BCUT2D eigenvalue weighted by molar-refractivity contribution is 0.0648. The first-order valence-electron chi connectivity index (χ1n) is 6.28.